The highest BCUT2D eigenvalue weighted by atomic mass is 16.2. The van der Waals surface area contributed by atoms with E-state index in [0.717, 1.165) is 19.6 Å². The van der Waals surface area contributed by atoms with Gasteiger partial charge in [-0.1, -0.05) is 24.3 Å². The molecule has 0 aliphatic carbocycles. The van der Waals surface area contributed by atoms with Crippen LogP contribution in [0, 0.1) is 18.8 Å². The minimum absolute atomic E-state index is 0.194. The van der Waals surface area contributed by atoms with Crippen LogP contribution < -0.4 is 5.32 Å². The van der Waals surface area contributed by atoms with Crippen LogP contribution in [-0.4, -0.2) is 45.2 Å². The molecule has 1 aromatic carbocycles. The lowest BCUT2D eigenvalue weighted by atomic mass is 9.87. The van der Waals surface area contributed by atoms with E-state index in [-0.39, 0.29) is 11.9 Å². The van der Waals surface area contributed by atoms with Crippen LogP contribution in [0.25, 0.3) is 0 Å². The largest absolute Gasteiger partial charge is 0.335 e. The average molecular weight is 325 g/mol. The quantitative estimate of drug-likeness (QED) is 0.923. The minimum Gasteiger partial charge on any atom is -0.335 e. The van der Waals surface area contributed by atoms with E-state index in [1.54, 1.807) is 12.7 Å². The molecule has 6 heteroatoms. The van der Waals surface area contributed by atoms with E-state index in [4.69, 9.17) is 0 Å². The van der Waals surface area contributed by atoms with Crippen molar-refractivity contribution in [2.75, 3.05) is 19.6 Å². The number of rotatable bonds is 4. The predicted molar refractivity (Wildman–Crippen MR) is 90.1 cm³/mol. The van der Waals surface area contributed by atoms with Crippen LogP contribution in [0.2, 0.25) is 0 Å². The van der Waals surface area contributed by atoms with E-state index >= 15 is 0 Å². The van der Waals surface area contributed by atoms with Crippen molar-refractivity contribution < 1.29 is 4.79 Å². The molecule has 1 N–H and O–H groups in total. The Bertz CT molecular complexity index is 714. The Labute approximate surface area is 141 Å². The Balaban J connectivity index is 1.56. The standard InChI is InChI=1S/C18H23N5O/c1-13-4-2-3-5-15(13)18-16-9-19-8-14(16)10-23(18)17(24)6-7-22-11-20-21-12-22/h2-5,11-12,14,16,18-19H,6-10H2,1H3/t14-,16-,18-/m0/s1. The molecule has 0 radical (unpaired) electrons. The molecule has 6 nitrogen and oxygen atoms in total. The molecule has 4 rings (SSSR count). The maximum Gasteiger partial charge on any atom is 0.224 e. The summed E-state index contributed by atoms with van der Waals surface area (Å²) in [6.45, 7) is 5.65. The van der Waals surface area contributed by atoms with Gasteiger partial charge in [0.1, 0.15) is 12.7 Å². The number of benzene rings is 1. The maximum absolute atomic E-state index is 12.9. The summed E-state index contributed by atoms with van der Waals surface area (Å²) < 4.78 is 1.86. The zero-order valence-corrected chi connectivity index (χ0v) is 13.9. The van der Waals surface area contributed by atoms with Crippen LogP contribution in [-0.2, 0) is 11.3 Å². The Morgan fingerprint density at radius 3 is 2.83 bits per heavy atom. The summed E-state index contributed by atoms with van der Waals surface area (Å²) in [7, 11) is 0. The van der Waals surface area contributed by atoms with Crippen molar-refractivity contribution >= 4 is 5.91 Å². The SMILES string of the molecule is Cc1ccccc1[C@H]1[C@H]2CNC[C@H]2CN1C(=O)CCn1cnnc1. The second-order valence-corrected chi connectivity index (χ2v) is 6.88. The molecule has 0 bridgehead atoms. The molecule has 2 fully saturated rings. The fourth-order valence-corrected chi connectivity index (χ4v) is 4.20. The van der Waals surface area contributed by atoms with E-state index in [2.05, 4.69) is 51.6 Å². The molecule has 3 heterocycles. The first kappa shape index (κ1) is 15.3. The van der Waals surface area contributed by atoms with Gasteiger partial charge in [-0.25, -0.2) is 0 Å². The maximum atomic E-state index is 12.9. The monoisotopic (exact) mass is 325 g/mol. The van der Waals surface area contributed by atoms with Gasteiger partial charge < -0.3 is 14.8 Å². The van der Waals surface area contributed by atoms with E-state index in [0.29, 0.717) is 24.8 Å². The number of aromatic nitrogens is 3. The summed E-state index contributed by atoms with van der Waals surface area (Å²) in [5.74, 6) is 1.31. The van der Waals surface area contributed by atoms with E-state index in [1.807, 2.05) is 4.57 Å². The van der Waals surface area contributed by atoms with E-state index in [9.17, 15) is 4.79 Å². The van der Waals surface area contributed by atoms with E-state index in [1.165, 1.54) is 11.1 Å². The molecule has 0 spiro atoms. The molecule has 2 aliphatic rings. The first-order valence-corrected chi connectivity index (χ1v) is 8.62. The van der Waals surface area contributed by atoms with Gasteiger partial charge in [-0.15, -0.1) is 10.2 Å². The first-order valence-electron chi connectivity index (χ1n) is 8.62. The van der Waals surface area contributed by atoms with Gasteiger partial charge in [-0.3, -0.25) is 4.79 Å². The van der Waals surface area contributed by atoms with Crippen molar-refractivity contribution in [3.63, 3.8) is 0 Å². The summed E-state index contributed by atoms with van der Waals surface area (Å²) in [5.41, 5.74) is 2.57. The predicted octanol–water partition coefficient (Wildman–Crippen LogP) is 1.40. The van der Waals surface area contributed by atoms with Crippen LogP contribution in [0.4, 0.5) is 0 Å². The molecule has 126 valence electrons. The molecule has 0 unspecified atom stereocenters. The number of hydrogen-bond acceptors (Lipinski definition) is 4. The Morgan fingerprint density at radius 1 is 1.25 bits per heavy atom. The number of aryl methyl sites for hydroxylation is 2. The van der Waals surface area contributed by atoms with Gasteiger partial charge in [0, 0.05) is 38.5 Å². The van der Waals surface area contributed by atoms with Gasteiger partial charge in [0.25, 0.3) is 0 Å². The summed E-state index contributed by atoms with van der Waals surface area (Å²) >= 11 is 0. The zero-order valence-electron chi connectivity index (χ0n) is 13.9. The number of hydrogen-bond donors (Lipinski definition) is 1. The third-order valence-corrected chi connectivity index (χ3v) is 5.44. The smallest absolute Gasteiger partial charge is 0.224 e. The number of nitrogens with zero attached hydrogens (tertiary/aromatic N) is 4. The Hall–Kier alpha value is -2.21. The zero-order chi connectivity index (χ0) is 16.5. The van der Waals surface area contributed by atoms with Crippen molar-refractivity contribution in [2.45, 2.75) is 25.9 Å². The molecule has 24 heavy (non-hydrogen) atoms. The molecule has 1 amide bonds. The first-order chi connectivity index (χ1) is 11.7. The van der Waals surface area contributed by atoms with Crippen LogP contribution in [0.3, 0.4) is 0 Å². The van der Waals surface area contributed by atoms with Gasteiger partial charge >= 0.3 is 0 Å². The van der Waals surface area contributed by atoms with Gasteiger partial charge in [-0.05, 0) is 24.0 Å². The highest BCUT2D eigenvalue weighted by molar-refractivity contribution is 5.77. The lowest BCUT2D eigenvalue weighted by molar-refractivity contribution is -0.132. The van der Waals surface area contributed by atoms with E-state index < -0.39 is 0 Å². The van der Waals surface area contributed by atoms with Crippen LogP contribution in [0.5, 0.6) is 0 Å². The lowest BCUT2D eigenvalue weighted by Crippen LogP contribution is -2.35. The average Bonchev–Trinajstić information content (AvgIpc) is 3.30. The number of carbonyl (C=O) groups excluding carboxylic acids is 1. The topological polar surface area (TPSA) is 63.1 Å². The molecule has 2 aromatic rings. The number of carbonyl (C=O) groups is 1. The van der Waals surface area contributed by atoms with Crippen molar-refractivity contribution in [1.29, 1.82) is 0 Å². The van der Waals surface area contributed by atoms with Gasteiger partial charge in [-0.2, -0.15) is 0 Å². The highest BCUT2D eigenvalue weighted by Crippen LogP contribution is 2.43. The summed E-state index contributed by atoms with van der Waals surface area (Å²) in [4.78, 5) is 15.0. The Morgan fingerprint density at radius 2 is 2.04 bits per heavy atom. The molecule has 3 atom stereocenters. The van der Waals surface area contributed by atoms with Gasteiger partial charge in [0.15, 0.2) is 0 Å². The summed E-state index contributed by atoms with van der Waals surface area (Å²) in [6.07, 6.45) is 3.82. The van der Waals surface area contributed by atoms with Crippen molar-refractivity contribution in [3.05, 3.63) is 48.0 Å². The van der Waals surface area contributed by atoms with Crippen molar-refractivity contribution in [1.82, 2.24) is 25.0 Å². The fourth-order valence-electron chi connectivity index (χ4n) is 4.20. The van der Waals surface area contributed by atoms with Crippen molar-refractivity contribution in [3.8, 4) is 0 Å². The molecule has 0 saturated carbocycles. The molecule has 2 saturated heterocycles. The van der Waals surface area contributed by atoms with Crippen LogP contribution >= 0.6 is 0 Å². The fraction of sp³-hybridized carbons (Fsp3) is 0.500. The van der Waals surface area contributed by atoms with Gasteiger partial charge in [0.2, 0.25) is 5.91 Å². The summed E-state index contributed by atoms with van der Waals surface area (Å²) in [5, 5.41) is 11.1. The molecular weight excluding hydrogens is 302 g/mol. The number of nitrogens with one attached hydrogen (secondary N) is 1. The van der Waals surface area contributed by atoms with Crippen LogP contribution in [0.1, 0.15) is 23.6 Å². The molecular formula is C18H23N5O. The Kier molecular flexibility index (Phi) is 4.06. The third-order valence-electron chi connectivity index (χ3n) is 5.44. The normalized spacial score (nSPS) is 25.9. The minimum atomic E-state index is 0.194. The lowest BCUT2D eigenvalue weighted by Gasteiger charge is -2.29. The van der Waals surface area contributed by atoms with Crippen molar-refractivity contribution in [2.24, 2.45) is 11.8 Å². The summed E-state index contributed by atoms with van der Waals surface area (Å²) in [6, 6.07) is 8.67. The third kappa shape index (κ3) is 2.71. The molecule has 2 aliphatic heterocycles. The van der Waals surface area contributed by atoms with Gasteiger partial charge in [0.05, 0.1) is 6.04 Å². The number of likely N-dealkylation sites (tertiary alicyclic amines) is 1. The van der Waals surface area contributed by atoms with Crippen LogP contribution in [0.15, 0.2) is 36.9 Å². The molecule has 1 aromatic heterocycles. The second-order valence-electron chi connectivity index (χ2n) is 6.88. The highest BCUT2D eigenvalue weighted by Gasteiger charge is 2.46. The number of fused-ring (bicyclic) bond motifs is 1. The second kappa shape index (κ2) is 6.36. The number of amides is 1.